The summed E-state index contributed by atoms with van der Waals surface area (Å²) in [6.45, 7) is 0. The van der Waals surface area contributed by atoms with Gasteiger partial charge in [0.15, 0.2) is 0 Å². The Morgan fingerprint density at radius 2 is 2.04 bits per heavy atom. The van der Waals surface area contributed by atoms with Gasteiger partial charge in [-0.1, -0.05) is 17.7 Å². The number of likely N-dealkylation sites (N-methyl/N-ethyl adjacent to an activating group) is 1. The second kappa shape index (κ2) is 5.86. The van der Waals surface area contributed by atoms with E-state index in [0.717, 1.165) is 4.90 Å². The first-order valence-electron chi connectivity index (χ1n) is 6.78. The van der Waals surface area contributed by atoms with Crippen LogP contribution in [0.4, 0.5) is 4.79 Å². The Morgan fingerprint density at radius 1 is 1.29 bits per heavy atom. The summed E-state index contributed by atoms with van der Waals surface area (Å²) in [5, 5.41) is 13.7. The summed E-state index contributed by atoms with van der Waals surface area (Å²) in [5.41, 5.74) is 0.422. The highest BCUT2D eigenvalue weighted by Gasteiger charge is 2.30. The first kappa shape index (κ1) is 15.8. The van der Waals surface area contributed by atoms with Gasteiger partial charge in [0.2, 0.25) is 0 Å². The zero-order valence-electron chi connectivity index (χ0n) is 12.3. The third kappa shape index (κ3) is 2.77. The van der Waals surface area contributed by atoms with Crippen LogP contribution < -0.4 is 10.4 Å². The van der Waals surface area contributed by atoms with Crippen LogP contribution in [0.3, 0.4) is 0 Å². The van der Waals surface area contributed by atoms with E-state index in [1.165, 1.54) is 31.3 Å². The Labute approximate surface area is 141 Å². The fourth-order valence-corrected chi connectivity index (χ4v) is 2.39. The second-order valence-corrected chi connectivity index (χ2v) is 5.44. The lowest BCUT2D eigenvalue weighted by Crippen LogP contribution is -2.25. The molecule has 3 rings (SSSR count). The highest BCUT2D eigenvalue weighted by atomic mass is 35.5. The van der Waals surface area contributed by atoms with E-state index in [4.69, 9.17) is 16.0 Å². The van der Waals surface area contributed by atoms with Crippen LogP contribution in [0.5, 0.6) is 0 Å². The van der Waals surface area contributed by atoms with Crippen molar-refractivity contribution in [1.29, 1.82) is 0 Å². The van der Waals surface area contributed by atoms with Crippen molar-refractivity contribution < 1.29 is 23.9 Å². The maximum absolute atomic E-state index is 11.8. The molecule has 0 atom stereocenters. The standard InChI is InChI=1S/C16H11ClN2O5/c1-19-14(20)12(18-16(19)23)7-9-3-5-13(24-9)10-6-8(15(21)22)2-4-11(10)17/h2-7H,1H3,(H,18,23)(H,21,22)/p-1/b12-7+. The highest BCUT2D eigenvalue weighted by Crippen LogP contribution is 2.31. The van der Waals surface area contributed by atoms with Crippen LogP contribution in [-0.4, -0.2) is 29.9 Å². The number of amides is 3. The minimum Gasteiger partial charge on any atom is -0.545 e. The van der Waals surface area contributed by atoms with Gasteiger partial charge in [0.05, 0.1) is 11.0 Å². The topological polar surface area (TPSA) is 103 Å². The monoisotopic (exact) mass is 345 g/mol. The number of nitrogens with one attached hydrogen (secondary N) is 1. The van der Waals surface area contributed by atoms with Crippen molar-refractivity contribution in [1.82, 2.24) is 10.2 Å². The molecule has 0 saturated carbocycles. The van der Waals surface area contributed by atoms with Gasteiger partial charge in [0.25, 0.3) is 5.91 Å². The second-order valence-electron chi connectivity index (χ2n) is 5.04. The average Bonchev–Trinajstić information content (AvgIpc) is 3.09. The van der Waals surface area contributed by atoms with Crippen molar-refractivity contribution in [2.75, 3.05) is 7.05 Å². The predicted octanol–water partition coefficient (Wildman–Crippen LogP) is 1.49. The maximum Gasteiger partial charge on any atom is 0.328 e. The molecule has 1 N–H and O–H groups in total. The van der Waals surface area contributed by atoms with Gasteiger partial charge in [0, 0.05) is 18.7 Å². The van der Waals surface area contributed by atoms with Crippen LogP contribution in [0, 0.1) is 0 Å². The lowest BCUT2D eigenvalue weighted by atomic mass is 10.1. The normalized spacial score (nSPS) is 15.9. The quantitative estimate of drug-likeness (QED) is 0.670. The van der Waals surface area contributed by atoms with E-state index in [0.29, 0.717) is 22.1 Å². The molecule has 1 aliphatic rings. The van der Waals surface area contributed by atoms with Gasteiger partial charge in [-0.2, -0.15) is 0 Å². The molecule has 7 nitrogen and oxygen atoms in total. The molecule has 122 valence electrons. The van der Waals surface area contributed by atoms with E-state index in [-0.39, 0.29) is 11.3 Å². The number of rotatable bonds is 3. The summed E-state index contributed by atoms with van der Waals surface area (Å²) >= 11 is 6.07. The Bertz CT molecular complexity index is 900. The molecule has 8 heteroatoms. The molecule has 24 heavy (non-hydrogen) atoms. The molecule has 1 aromatic heterocycles. The molecule has 0 unspecified atom stereocenters. The summed E-state index contributed by atoms with van der Waals surface area (Å²) in [5.74, 6) is -1.18. The first-order valence-corrected chi connectivity index (χ1v) is 7.16. The summed E-state index contributed by atoms with van der Waals surface area (Å²) in [4.78, 5) is 35.1. The van der Waals surface area contributed by atoms with E-state index < -0.39 is 17.9 Å². The molecule has 2 aromatic rings. The third-order valence-electron chi connectivity index (χ3n) is 3.46. The molecule has 0 radical (unpaired) electrons. The fourth-order valence-electron chi connectivity index (χ4n) is 2.18. The molecule has 3 amide bonds. The van der Waals surface area contributed by atoms with Crippen molar-refractivity contribution in [3.63, 3.8) is 0 Å². The molecular weight excluding hydrogens is 336 g/mol. The SMILES string of the molecule is CN1C(=O)N/C(=C/c2ccc(-c3cc(C(=O)[O-])ccc3Cl)o2)C1=O. The number of furan rings is 1. The number of carboxylic acid groups (broad SMARTS) is 1. The van der Waals surface area contributed by atoms with E-state index in [9.17, 15) is 19.5 Å². The van der Waals surface area contributed by atoms with Crippen molar-refractivity contribution >= 4 is 35.6 Å². The number of halogens is 1. The van der Waals surface area contributed by atoms with Crippen molar-refractivity contribution in [3.05, 3.63) is 52.4 Å². The third-order valence-corrected chi connectivity index (χ3v) is 3.79. The maximum atomic E-state index is 11.8. The Hall–Kier alpha value is -3.06. The summed E-state index contributed by atoms with van der Waals surface area (Å²) in [6, 6.07) is 6.72. The van der Waals surface area contributed by atoms with Crippen LogP contribution in [0.25, 0.3) is 17.4 Å². The lowest BCUT2D eigenvalue weighted by Gasteiger charge is -2.06. The lowest BCUT2D eigenvalue weighted by molar-refractivity contribution is -0.255. The van der Waals surface area contributed by atoms with E-state index in [1.54, 1.807) is 12.1 Å². The van der Waals surface area contributed by atoms with Gasteiger partial charge in [-0.05, 0) is 29.8 Å². The molecule has 0 spiro atoms. The molecule has 0 bridgehead atoms. The molecule has 0 aliphatic carbocycles. The zero-order chi connectivity index (χ0) is 17.4. The van der Waals surface area contributed by atoms with Gasteiger partial charge in [-0.25, -0.2) is 4.79 Å². The number of nitrogens with zero attached hydrogens (tertiary/aromatic N) is 1. The zero-order valence-corrected chi connectivity index (χ0v) is 13.1. The van der Waals surface area contributed by atoms with E-state index in [2.05, 4.69) is 5.32 Å². The molecule has 2 heterocycles. The number of carboxylic acids is 1. The summed E-state index contributed by atoms with van der Waals surface area (Å²) in [6.07, 6.45) is 1.38. The number of benzene rings is 1. The first-order chi connectivity index (χ1) is 11.4. The number of carbonyl (C=O) groups is 3. The average molecular weight is 346 g/mol. The van der Waals surface area contributed by atoms with Gasteiger partial charge in [0.1, 0.15) is 17.2 Å². The largest absolute Gasteiger partial charge is 0.545 e. The molecule has 1 aromatic carbocycles. The van der Waals surface area contributed by atoms with Crippen molar-refractivity contribution in [2.45, 2.75) is 0 Å². The molecule has 1 fully saturated rings. The van der Waals surface area contributed by atoms with Crippen LogP contribution >= 0.6 is 11.6 Å². The fraction of sp³-hybridized carbons (Fsp3) is 0.0625. The van der Waals surface area contributed by atoms with Gasteiger partial charge < -0.3 is 19.6 Å². The number of carbonyl (C=O) groups excluding carboxylic acids is 3. The smallest absolute Gasteiger partial charge is 0.328 e. The van der Waals surface area contributed by atoms with Crippen molar-refractivity contribution in [3.8, 4) is 11.3 Å². The number of aromatic carboxylic acids is 1. The Kier molecular flexibility index (Phi) is 3.86. The van der Waals surface area contributed by atoms with Crippen LogP contribution in [0.1, 0.15) is 16.1 Å². The van der Waals surface area contributed by atoms with E-state index >= 15 is 0 Å². The van der Waals surface area contributed by atoms with E-state index in [1.807, 2.05) is 0 Å². The molecule has 1 saturated heterocycles. The van der Waals surface area contributed by atoms with Gasteiger partial charge >= 0.3 is 6.03 Å². The van der Waals surface area contributed by atoms with Gasteiger partial charge in [-0.3, -0.25) is 9.69 Å². The van der Waals surface area contributed by atoms with Crippen LogP contribution in [0.2, 0.25) is 5.02 Å². The Balaban J connectivity index is 1.95. The van der Waals surface area contributed by atoms with Crippen molar-refractivity contribution in [2.24, 2.45) is 0 Å². The minimum atomic E-state index is -1.33. The number of hydrogen-bond acceptors (Lipinski definition) is 5. The molecular formula is C16H10ClN2O5-. The number of urea groups is 1. The number of hydrogen-bond donors (Lipinski definition) is 1. The van der Waals surface area contributed by atoms with Crippen LogP contribution in [-0.2, 0) is 4.79 Å². The Morgan fingerprint density at radius 3 is 2.67 bits per heavy atom. The number of imide groups is 1. The summed E-state index contributed by atoms with van der Waals surface area (Å²) < 4.78 is 5.57. The highest BCUT2D eigenvalue weighted by molar-refractivity contribution is 6.33. The molecule has 1 aliphatic heterocycles. The van der Waals surface area contributed by atoms with Crippen LogP contribution in [0.15, 0.2) is 40.4 Å². The predicted molar refractivity (Wildman–Crippen MR) is 82.8 cm³/mol. The summed E-state index contributed by atoms with van der Waals surface area (Å²) in [7, 11) is 1.36. The minimum absolute atomic E-state index is 0.0365. The van der Waals surface area contributed by atoms with Gasteiger partial charge in [-0.15, -0.1) is 0 Å².